The number of carboxylic acid groups (broad SMARTS) is 1. The highest BCUT2D eigenvalue weighted by Crippen LogP contribution is 2.42. The van der Waals surface area contributed by atoms with Crippen molar-refractivity contribution in [3.8, 4) is 0 Å². The van der Waals surface area contributed by atoms with E-state index in [0.29, 0.717) is 34.7 Å². The zero-order chi connectivity index (χ0) is 36.2. The van der Waals surface area contributed by atoms with Crippen molar-refractivity contribution in [1.82, 2.24) is 15.1 Å². The lowest BCUT2D eigenvalue weighted by molar-refractivity contribution is -0.123. The summed E-state index contributed by atoms with van der Waals surface area (Å²) < 4.78 is 5.23. The molecule has 0 spiro atoms. The number of imide groups is 1. The molecule has 0 bridgehead atoms. The van der Waals surface area contributed by atoms with Gasteiger partial charge in [-0.15, -0.1) is 0 Å². The topological polar surface area (TPSA) is 152 Å². The van der Waals surface area contributed by atoms with Crippen LogP contribution in [0.1, 0.15) is 42.3 Å². The Balaban J connectivity index is 1.46. The first-order valence-electron chi connectivity index (χ1n) is 16.3. The maximum Gasteiger partial charge on any atom is 0.408 e. The van der Waals surface area contributed by atoms with Gasteiger partial charge >= 0.3 is 12.1 Å². The van der Waals surface area contributed by atoms with Crippen LogP contribution < -0.4 is 20.4 Å². The summed E-state index contributed by atoms with van der Waals surface area (Å²) in [5.41, 5.74) is 1.93. The minimum absolute atomic E-state index is 0.0258. The molecule has 2 heterocycles. The fourth-order valence-corrected chi connectivity index (χ4v) is 5.67. The molecule has 3 aromatic carbocycles. The van der Waals surface area contributed by atoms with E-state index in [1.165, 1.54) is 18.2 Å². The Morgan fingerprint density at radius 3 is 2.18 bits per heavy atom. The van der Waals surface area contributed by atoms with Crippen molar-refractivity contribution in [3.63, 3.8) is 0 Å². The molecular weight excluding hydrogens is 640 g/mol. The Kier molecular flexibility index (Phi) is 10.7. The van der Waals surface area contributed by atoms with Gasteiger partial charge in [0.15, 0.2) is 0 Å². The van der Waals surface area contributed by atoms with Crippen molar-refractivity contribution in [2.45, 2.75) is 26.4 Å². The van der Waals surface area contributed by atoms with Gasteiger partial charge in [0.2, 0.25) is 5.91 Å². The van der Waals surface area contributed by atoms with E-state index >= 15 is 0 Å². The largest absolute Gasteiger partial charge is 0.478 e. The van der Waals surface area contributed by atoms with Crippen LogP contribution in [0.4, 0.5) is 21.9 Å². The molecular formula is C37H42N6O7. The van der Waals surface area contributed by atoms with E-state index in [1.54, 1.807) is 57.0 Å². The van der Waals surface area contributed by atoms with E-state index in [0.717, 1.165) is 31.1 Å². The third-order valence-corrected chi connectivity index (χ3v) is 8.37. The van der Waals surface area contributed by atoms with E-state index < -0.39 is 36.0 Å². The Hall–Kier alpha value is -5.53. The maximum atomic E-state index is 14.2. The normalized spacial score (nSPS) is 16.0. The summed E-state index contributed by atoms with van der Waals surface area (Å²) in [4.78, 5) is 71.9. The van der Waals surface area contributed by atoms with E-state index in [2.05, 4.69) is 27.5 Å². The highest BCUT2D eigenvalue weighted by Gasteiger charge is 2.39. The van der Waals surface area contributed by atoms with Crippen molar-refractivity contribution in [3.05, 3.63) is 89.5 Å². The van der Waals surface area contributed by atoms with Gasteiger partial charge in [-0.05, 0) is 69.8 Å². The predicted molar refractivity (Wildman–Crippen MR) is 191 cm³/mol. The number of anilines is 3. The Labute approximate surface area is 291 Å². The van der Waals surface area contributed by atoms with Crippen LogP contribution in [-0.4, -0.2) is 104 Å². The van der Waals surface area contributed by atoms with Gasteiger partial charge < -0.3 is 30.3 Å². The van der Waals surface area contributed by atoms with Crippen LogP contribution in [0.15, 0.2) is 72.8 Å². The van der Waals surface area contributed by atoms with E-state index in [4.69, 9.17) is 4.74 Å². The Morgan fingerprint density at radius 2 is 1.56 bits per heavy atom. The number of hydrogen-bond acceptors (Lipinski definition) is 9. The molecule has 2 aliphatic rings. The number of piperazine rings is 1. The molecule has 50 heavy (non-hydrogen) atoms. The second-order valence-corrected chi connectivity index (χ2v) is 13.2. The summed E-state index contributed by atoms with van der Waals surface area (Å²) in [6.07, 6.45) is -0.838. The molecule has 13 nitrogen and oxygen atoms in total. The Morgan fingerprint density at radius 1 is 0.900 bits per heavy atom. The summed E-state index contributed by atoms with van der Waals surface area (Å²) in [5.74, 6) is -2.73. The number of ether oxygens (including phenoxy) is 1. The number of nitrogens with one attached hydrogen (secondary N) is 2. The quantitative estimate of drug-likeness (QED) is 0.283. The first-order chi connectivity index (χ1) is 23.7. The van der Waals surface area contributed by atoms with E-state index in [1.807, 2.05) is 30.3 Å². The van der Waals surface area contributed by atoms with Crippen LogP contribution in [-0.2, 0) is 19.1 Å². The van der Waals surface area contributed by atoms with Crippen molar-refractivity contribution < 1.29 is 33.8 Å². The number of hydrogen-bond donors (Lipinski definition) is 3. The number of fused-ring (bicyclic) bond motifs is 1. The molecule has 5 rings (SSSR count). The number of alkyl carbamates (subject to hydrolysis) is 1. The lowest BCUT2D eigenvalue weighted by Crippen LogP contribution is -2.48. The Bertz CT molecular complexity index is 1810. The van der Waals surface area contributed by atoms with Crippen LogP contribution in [0.25, 0.3) is 11.3 Å². The summed E-state index contributed by atoms with van der Waals surface area (Å²) >= 11 is 0. The standard InChI is InChI=1S/C37H42N6O7/c1-37(2,3)50-36(49)38-22-30(44)43-29-21-25(35(47)48)11-16-28(29)32(34(43)46)33(24-9-7-6-8-10-24)39-26-12-14-27(15-13-26)41(5)31(45)23-42-19-17-40(4)18-20-42/h6-16,21,39H,17-20,22-23H2,1-5H3,(H,38,49)(H,47,48)/b33-32-. The van der Waals surface area contributed by atoms with Gasteiger partial charge in [0.25, 0.3) is 11.8 Å². The fourth-order valence-electron chi connectivity index (χ4n) is 5.67. The molecule has 1 saturated heterocycles. The maximum absolute atomic E-state index is 14.2. The van der Waals surface area contributed by atoms with Crippen LogP contribution >= 0.6 is 0 Å². The van der Waals surface area contributed by atoms with Crippen molar-refractivity contribution >= 4 is 58.1 Å². The van der Waals surface area contributed by atoms with Crippen LogP contribution in [0.3, 0.4) is 0 Å². The molecule has 262 valence electrons. The van der Waals surface area contributed by atoms with Gasteiger partial charge in [-0.3, -0.25) is 19.3 Å². The molecule has 13 heteroatoms. The fraction of sp³-hybridized carbons (Fsp3) is 0.324. The number of amides is 4. The third kappa shape index (κ3) is 8.36. The molecule has 0 saturated carbocycles. The number of rotatable bonds is 9. The van der Waals surface area contributed by atoms with Gasteiger partial charge in [-0.1, -0.05) is 36.4 Å². The molecule has 3 N–H and O–H groups in total. The average Bonchev–Trinajstić information content (AvgIpc) is 3.37. The molecule has 2 aliphatic heterocycles. The molecule has 3 aromatic rings. The summed E-state index contributed by atoms with van der Waals surface area (Å²) in [7, 11) is 3.81. The highest BCUT2D eigenvalue weighted by molar-refractivity contribution is 6.44. The van der Waals surface area contributed by atoms with Crippen molar-refractivity contribution in [2.24, 2.45) is 0 Å². The summed E-state index contributed by atoms with van der Waals surface area (Å²) in [5, 5.41) is 15.4. The second-order valence-electron chi connectivity index (χ2n) is 13.2. The predicted octanol–water partition coefficient (Wildman–Crippen LogP) is 3.97. The summed E-state index contributed by atoms with van der Waals surface area (Å²) in [6, 6.07) is 20.4. The SMILES string of the molecule is CN1CCN(CC(=O)N(C)c2ccc(N/C(=C3\C(=O)N(C(=O)CNC(=O)OC(C)(C)C)c4cc(C(=O)O)ccc43)c3ccccc3)cc2)CC1. The smallest absolute Gasteiger partial charge is 0.408 e. The molecule has 4 amide bonds. The van der Waals surface area contributed by atoms with Crippen molar-refractivity contribution in [2.75, 3.05) is 68.5 Å². The third-order valence-electron chi connectivity index (χ3n) is 8.37. The molecule has 0 unspecified atom stereocenters. The van der Waals surface area contributed by atoms with Crippen molar-refractivity contribution in [1.29, 1.82) is 0 Å². The highest BCUT2D eigenvalue weighted by atomic mass is 16.6. The van der Waals surface area contributed by atoms with Gasteiger partial charge in [-0.25, -0.2) is 14.5 Å². The number of carboxylic acids is 1. The van der Waals surface area contributed by atoms with Gasteiger partial charge in [0.1, 0.15) is 12.1 Å². The minimum Gasteiger partial charge on any atom is -0.478 e. The number of carbonyl (C=O) groups excluding carboxylic acids is 4. The zero-order valence-electron chi connectivity index (χ0n) is 28.9. The number of aromatic carboxylic acids is 1. The first kappa shape index (κ1) is 35.8. The molecule has 0 atom stereocenters. The zero-order valence-corrected chi connectivity index (χ0v) is 28.9. The van der Waals surface area contributed by atoms with Gasteiger partial charge in [0, 0.05) is 50.2 Å². The number of carbonyl (C=O) groups is 5. The lowest BCUT2D eigenvalue weighted by Gasteiger charge is -2.32. The van der Waals surface area contributed by atoms with Crippen LogP contribution in [0, 0.1) is 0 Å². The molecule has 0 radical (unpaired) electrons. The van der Waals surface area contributed by atoms with Crippen LogP contribution in [0.5, 0.6) is 0 Å². The molecule has 1 fully saturated rings. The first-order valence-corrected chi connectivity index (χ1v) is 16.3. The summed E-state index contributed by atoms with van der Waals surface area (Å²) in [6.45, 7) is 8.29. The number of nitrogens with zero attached hydrogens (tertiary/aromatic N) is 4. The van der Waals surface area contributed by atoms with Gasteiger partial charge in [-0.2, -0.15) is 0 Å². The van der Waals surface area contributed by atoms with Crippen LogP contribution in [0.2, 0.25) is 0 Å². The monoisotopic (exact) mass is 682 g/mol. The van der Waals surface area contributed by atoms with Gasteiger partial charge in [0.05, 0.1) is 29.1 Å². The lowest BCUT2D eigenvalue weighted by atomic mass is 9.99. The minimum atomic E-state index is -1.23. The number of benzene rings is 3. The van der Waals surface area contributed by atoms with E-state index in [-0.39, 0.29) is 22.7 Å². The molecule has 0 aromatic heterocycles. The average molecular weight is 683 g/mol. The number of likely N-dealkylation sites (N-methyl/N-ethyl adjacent to an activating group) is 2. The molecule has 0 aliphatic carbocycles. The van der Waals surface area contributed by atoms with E-state index in [9.17, 15) is 29.1 Å². The second kappa shape index (κ2) is 14.9.